The SMILES string of the molecule is C/C(C#N)=C(/C)c1ccc(CO)cc1. The van der Waals surface area contributed by atoms with Gasteiger partial charge in [-0.15, -0.1) is 0 Å². The van der Waals surface area contributed by atoms with Gasteiger partial charge >= 0.3 is 0 Å². The predicted molar refractivity (Wildman–Crippen MR) is 56.2 cm³/mol. The molecule has 0 saturated heterocycles. The number of nitriles is 1. The molecule has 0 saturated carbocycles. The summed E-state index contributed by atoms with van der Waals surface area (Å²) in [4.78, 5) is 0. The monoisotopic (exact) mass is 187 g/mol. The van der Waals surface area contributed by atoms with Crippen molar-refractivity contribution in [2.45, 2.75) is 20.5 Å². The van der Waals surface area contributed by atoms with Gasteiger partial charge in [-0.25, -0.2) is 0 Å². The van der Waals surface area contributed by atoms with Gasteiger partial charge in [0.2, 0.25) is 0 Å². The van der Waals surface area contributed by atoms with Crippen LogP contribution in [0.3, 0.4) is 0 Å². The summed E-state index contributed by atoms with van der Waals surface area (Å²) in [5, 5.41) is 17.6. The van der Waals surface area contributed by atoms with Crippen LogP contribution in [0.25, 0.3) is 5.57 Å². The van der Waals surface area contributed by atoms with Crippen molar-refractivity contribution in [2.24, 2.45) is 0 Å². The predicted octanol–water partition coefficient (Wildman–Crippen LogP) is 2.50. The van der Waals surface area contributed by atoms with Gasteiger partial charge in [0.15, 0.2) is 0 Å². The molecule has 0 amide bonds. The molecule has 0 fully saturated rings. The molecule has 1 aromatic carbocycles. The summed E-state index contributed by atoms with van der Waals surface area (Å²) in [6.45, 7) is 3.78. The molecule has 1 rings (SSSR count). The van der Waals surface area contributed by atoms with Crippen molar-refractivity contribution in [3.63, 3.8) is 0 Å². The van der Waals surface area contributed by atoms with Crippen molar-refractivity contribution < 1.29 is 5.11 Å². The lowest BCUT2D eigenvalue weighted by Gasteiger charge is -2.03. The summed E-state index contributed by atoms with van der Waals surface area (Å²) < 4.78 is 0. The molecule has 2 nitrogen and oxygen atoms in total. The lowest BCUT2D eigenvalue weighted by atomic mass is 10.0. The lowest BCUT2D eigenvalue weighted by molar-refractivity contribution is 0.282. The van der Waals surface area contributed by atoms with E-state index in [9.17, 15) is 0 Å². The smallest absolute Gasteiger partial charge is 0.0947 e. The number of allylic oxidation sites excluding steroid dienone is 2. The number of hydrogen-bond donors (Lipinski definition) is 1. The van der Waals surface area contributed by atoms with E-state index in [2.05, 4.69) is 6.07 Å². The summed E-state index contributed by atoms with van der Waals surface area (Å²) in [7, 11) is 0. The van der Waals surface area contributed by atoms with Crippen molar-refractivity contribution in [1.29, 1.82) is 5.26 Å². The van der Waals surface area contributed by atoms with Gasteiger partial charge in [-0.05, 0) is 30.5 Å². The third kappa shape index (κ3) is 2.21. The fourth-order valence-electron chi connectivity index (χ4n) is 1.16. The second kappa shape index (κ2) is 4.59. The fraction of sp³-hybridized carbons (Fsp3) is 0.250. The van der Waals surface area contributed by atoms with Gasteiger partial charge < -0.3 is 5.11 Å². The molecule has 2 heteroatoms. The Balaban J connectivity index is 3.05. The molecule has 0 heterocycles. The van der Waals surface area contributed by atoms with Crippen LogP contribution in [0.2, 0.25) is 0 Å². The number of nitrogens with zero attached hydrogens (tertiary/aromatic N) is 1. The maximum absolute atomic E-state index is 8.86. The summed E-state index contributed by atoms with van der Waals surface area (Å²) in [5.74, 6) is 0. The number of hydrogen-bond acceptors (Lipinski definition) is 2. The minimum Gasteiger partial charge on any atom is -0.392 e. The number of aliphatic hydroxyl groups is 1. The van der Waals surface area contributed by atoms with E-state index >= 15 is 0 Å². The topological polar surface area (TPSA) is 44.0 Å². The van der Waals surface area contributed by atoms with E-state index in [1.165, 1.54) is 0 Å². The van der Waals surface area contributed by atoms with Crippen LogP contribution in [0.4, 0.5) is 0 Å². The second-order valence-corrected chi connectivity index (χ2v) is 3.22. The molecule has 1 N–H and O–H groups in total. The third-order valence-electron chi connectivity index (χ3n) is 2.30. The quantitative estimate of drug-likeness (QED) is 0.723. The van der Waals surface area contributed by atoms with E-state index < -0.39 is 0 Å². The van der Waals surface area contributed by atoms with Gasteiger partial charge in [0.1, 0.15) is 0 Å². The number of aliphatic hydroxyl groups excluding tert-OH is 1. The standard InChI is InChI=1S/C12H13NO/c1-9(7-13)10(2)12-5-3-11(8-14)4-6-12/h3-6,14H,8H2,1-2H3/b10-9+. The Bertz CT molecular complexity index is 382. The Labute approximate surface area is 84.1 Å². The highest BCUT2D eigenvalue weighted by Gasteiger charge is 1.99. The van der Waals surface area contributed by atoms with Crippen LogP contribution in [0, 0.1) is 11.3 Å². The van der Waals surface area contributed by atoms with Gasteiger partial charge in [0.25, 0.3) is 0 Å². The Hall–Kier alpha value is -1.59. The van der Waals surface area contributed by atoms with E-state index in [0.717, 1.165) is 22.3 Å². The van der Waals surface area contributed by atoms with E-state index in [-0.39, 0.29) is 6.61 Å². The molecule has 0 aliphatic carbocycles. The molecule has 14 heavy (non-hydrogen) atoms. The molecule has 0 aliphatic rings. The largest absolute Gasteiger partial charge is 0.392 e. The maximum Gasteiger partial charge on any atom is 0.0947 e. The van der Waals surface area contributed by atoms with Crippen molar-refractivity contribution in [2.75, 3.05) is 0 Å². The van der Waals surface area contributed by atoms with Gasteiger partial charge in [0.05, 0.1) is 12.7 Å². The Morgan fingerprint density at radius 2 is 1.86 bits per heavy atom. The van der Waals surface area contributed by atoms with Crippen molar-refractivity contribution in [3.8, 4) is 6.07 Å². The zero-order valence-electron chi connectivity index (χ0n) is 8.41. The first kappa shape index (κ1) is 10.5. The van der Waals surface area contributed by atoms with Crippen LogP contribution in [0.1, 0.15) is 25.0 Å². The highest BCUT2D eigenvalue weighted by Crippen LogP contribution is 2.18. The molecule has 0 bridgehead atoms. The van der Waals surface area contributed by atoms with Gasteiger partial charge in [-0.1, -0.05) is 24.3 Å². The maximum atomic E-state index is 8.86. The molecular weight excluding hydrogens is 174 g/mol. The minimum atomic E-state index is 0.0558. The third-order valence-corrected chi connectivity index (χ3v) is 2.30. The second-order valence-electron chi connectivity index (χ2n) is 3.22. The lowest BCUT2D eigenvalue weighted by Crippen LogP contribution is -1.86. The van der Waals surface area contributed by atoms with Crippen molar-refractivity contribution >= 4 is 5.57 Å². The summed E-state index contributed by atoms with van der Waals surface area (Å²) in [6.07, 6.45) is 0. The molecule has 0 aliphatic heterocycles. The van der Waals surface area contributed by atoms with E-state index in [4.69, 9.17) is 10.4 Å². The summed E-state index contributed by atoms with van der Waals surface area (Å²) in [5.41, 5.74) is 3.62. The van der Waals surface area contributed by atoms with Crippen LogP contribution < -0.4 is 0 Å². The fourth-order valence-corrected chi connectivity index (χ4v) is 1.16. The highest BCUT2D eigenvalue weighted by molar-refractivity contribution is 5.69. The number of rotatable bonds is 2. The Kier molecular flexibility index (Phi) is 3.44. The zero-order chi connectivity index (χ0) is 10.6. The first-order chi connectivity index (χ1) is 6.69. The normalized spacial score (nSPS) is 11.9. The van der Waals surface area contributed by atoms with Gasteiger partial charge in [0, 0.05) is 5.57 Å². The van der Waals surface area contributed by atoms with Crippen LogP contribution in [0.5, 0.6) is 0 Å². The van der Waals surface area contributed by atoms with Crippen molar-refractivity contribution in [3.05, 3.63) is 41.0 Å². The van der Waals surface area contributed by atoms with Crippen LogP contribution in [-0.2, 0) is 6.61 Å². The minimum absolute atomic E-state index is 0.0558. The molecule has 0 spiro atoms. The Morgan fingerprint density at radius 3 is 2.29 bits per heavy atom. The molecule has 1 aromatic rings. The average Bonchev–Trinajstić information content (AvgIpc) is 2.27. The van der Waals surface area contributed by atoms with E-state index in [1.54, 1.807) is 6.92 Å². The molecule has 0 unspecified atom stereocenters. The molecular formula is C12H13NO. The molecule has 0 radical (unpaired) electrons. The molecule has 72 valence electrons. The van der Waals surface area contributed by atoms with Gasteiger partial charge in [-0.3, -0.25) is 0 Å². The average molecular weight is 187 g/mol. The highest BCUT2D eigenvalue weighted by atomic mass is 16.3. The number of benzene rings is 1. The zero-order valence-corrected chi connectivity index (χ0v) is 8.41. The molecule has 0 atom stereocenters. The Morgan fingerprint density at radius 1 is 1.29 bits per heavy atom. The van der Waals surface area contributed by atoms with Crippen LogP contribution in [-0.4, -0.2) is 5.11 Å². The summed E-state index contributed by atoms with van der Waals surface area (Å²) >= 11 is 0. The van der Waals surface area contributed by atoms with E-state index in [1.807, 2.05) is 31.2 Å². The van der Waals surface area contributed by atoms with E-state index in [0.29, 0.717) is 0 Å². The first-order valence-electron chi connectivity index (χ1n) is 4.46. The first-order valence-corrected chi connectivity index (χ1v) is 4.46. The van der Waals surface area contributed by atoms with Gasteiger partial charge in [-0.2, -0.15) is 5.26 Å². The summed E-state index contributed by atoms with van der Waals surface area (Å²) in [6, 6.07) is 9.69. The molecule has 0 aromatic heterocycles. The van der Waals surface area contributed by atoms with Crippen LogP contribution in [0.15, 0.2) is 29.8 Å². The van der Waals surface area contributed by atoms with Crippen LogP contribution >= 0.6 is 0 Å². The van der Waals surface area contributed by atoms with Crippen molar-refractivity contribution in [1.82, 2.24) is 0 Å².